The third-order valence-corrected chi connectivity index (χ3v) is 3.08. The molecule has 0 aliphatic heterocycles. The number of hydrogen-bond acceptors (Lipinski definition) is 6. The Kier molecular flexibility index (Phi) is 5.98. The van der Waals surface area contributed by atoms with Crippen molar-refractivity contribution in [1.29, 1.82) is 0 Å². The Bertz CT molecular complexity index is 551. The molecule has 1 rings (SSSR count). The minimum absolute atomic E-state index is 0.0173. The minimum atomic E-state index is -0.910. The molecule has 0 N–H and O–H groups in total. The van der Waals surface area contributed by atoms with Crippen LogP contribution in [-0.2, 0) is 19.1 Å². The van der Waals surface area contributed by atoms with Gasteiger partial charge in [-0.25, -0.2) is 9.59 Å². The van der Waals surface area contributed by atoms with Gasteiger partial charge in [0.05, 0.1) is 11.1 Å². The van der Waals surface area contributed by atoms with E-state index in [0.29, 0.717) is 0 Å². The number of rotatable bonds is 6. The van der Waals surface area contributed by atoms with Gasteiger partial charge in [-0.2, -0.15) is 0 Å². The molecule has 0 amide bonds. The number of hydrogen-bond donors (Lipinski definition) is 0. The summed E-state index contributed by atoms with van der Waals surface area (Å²) in [6.45, 7) is 5.48. The number of carbonyl (C=O) groups excluding carboxylic acids is 4. The monoisotopic (exact) mass is 306 g/mol. The van der Waals surface area contributed by atoms with Gasteiger partial charge in [-0.1, -0.05) is 12.1 Å². The lowest BCUT2D eigenvalue weighted by molar-refractivity contribution is -0.125. The molecule has 0 aliphatic rings. The van der Waals surface area contributed by atoms with E-state index in [1.165, 1.54) is 39.8 Å². The Morgan fingerprint density at radius 1 is 0.773 bits per heavy atom. The van der Waals surface area contributed by atoms with Crippen molar-refractivity contribution < 1.29 is 28.7 Å². The quantitative estimate of drug-likeness (QED) is 0.747. The van der Waals surface area contributed by atoms with Crippen molar-refractivity contribution in [1.82, 2.24) is 0 Å². The van der Waals surface area contributed by atoms with Gasteiger partial charge in [0.2, 0.25) is 0 Å². The highest BCUT2D eigenvalue weighted by Gasteiger charge is 2.23. The van der Waals surface area contributed by atoms with Crippen LogP contribution < -0.4 is 0 Å². The molecule has 6 nitrogen and oxygen atoms in total. The van der Waals surface area contributed by atoms with Gasteiger partial charge in [0.1, 0.15) is 0 Å². The zero-order chi connectivity index (χ0) is 16.9. The fourth-order valence-corrected chi connectivity index (χ4v) is 1.45. The molecule has 1 aromatic rings. The van der Waals surface area contributed by atoms with Crippen LogP contribution >= 0.6 is 0 Å². The molecule has 0 radical (unpaired) electrons. The Hall–Kier alpha value is -2.50. The van der Waals surface area contributed by atoms with E-state index >= 15 is 0 Å². The minimum Gasteiger partial charge on any atom is -0.451 e. The Morgan fingerprint density at radius 3 is 1.36 bits per heavy atom. The second-order valence-corrected chi connectivity index (χ2v) is 4.86. The molecule has 0 saturated carbocycles. The lowest BCUT2D eigenvalue weighted by Crippen LogP contribution is -2.25. The third-order valence-electron chi connectivity index (χ3n) is 3.08. The zero-order valence-electron chi connectivity index (χ0n) is 12.9. The Balaban J connectivity index is 2.99. The molecular formula is C16H18O6. The van der Waals surface area contributed by atoms with Gasteiger partial charge in [0.15, 0.2) is 23.8 Å². The molecule has 0 saturated heterocycles. The number of ether oxygens (including phenoxy) is 2. The molecule has 0 spiro atoms. The van der Waals surface area contributed by atoms with Crippen molar-refractivity contribution >= 4 is 23.5 Å². The lowest BCUT2D eigenvalue weighted by atomic mass is 10.1. The largest absolute Gasteiger partial charge is 0.451 e. The SMILES string of the molecule is CC(=O)C(C)OC(=O)c1ccccc1C(=O)OC(C)C(C)=O. The molecule has 0 aromatic heterocycles. The van der Waals surface area contributed by atoms with E-state index < -0.39 is 24.1 Å². The first-order chi connectivity index (χ1) is 10.2. The molecule has 2 atom stereocenters. The summed E-state index contributed by atoms with van der Waals surface area (Å²) in [5.41, 5.74) is -0.0345. The molecule has 0 bridgehead atoms. The predicted octanol–water partition coefficient (Wildman–Crippen LogP) is 1.96. The van der Waals surface area contributed by atoms with E-state index in [-0.39, 0.29) is 22.7 Å². The second-order valence-electron chi connectivity index (χ2n) is 4.86. The standard InChI is InChI=1S/C16H18O6/c1-9(17)11(3)21-15(19)13-7-5-6-8-14(13)16(20)22-12(4)10(2)18/h5-8,11-12H,1-4H3. The fourth-order valence-electron chi connectivity index (χ4n) is 1.45. The van der Waals surface area contributed by atoms with Gasteiger partial charge in [0, 0.05) is 0 Å². The van der Waals surface area contributed by atoms with Gasteiger partial charge in [-0.05, 0) is 39.8 Å². The Labute approximate surface area is 128 Å². The smallest absolute Gasteiger partial charge is 0.339 e. The van der Waals surface area contributed by atoms with Gasteiger partial charge < -0.3 is 9.47 Å². The number of carbonyl (C=O) groups is 4. The van der Waals surface area contributed by atoms with E-state index in [0.717, 1.165) is 0 Å². The van der Waals surface area contributed by atoms with Gasteiger partial charge in [0.25, 0.3) is 0 Å². The van der Waals surface area contributed by atoms with Gasteiger partial charge in [-0.15, -0.1) is 0 Å². The highest BCUT2D eigenvalue weighted by Crippen LogP contribution is 2.14. The highest BCUT2D eigenvalue weighted by atomic mass is 16.6. The van der Waals surface area contributed by atoms with Crippen LogP contribution in [0.15, 0.2) is 24.3 Å². The van der Waals surface area contributed by atoms with Crippen molar-refractivity contribution in [2.75, 3.05) is 0 Å². The highest BCUT2D eigenvalue weighted by molar-refractivity contribution is 6.04. The molecule has 2 unspecified atom stereocenters. The van der Waals surface area contributed by atoms with Crippen molar-refractivity contribution in [3.05, 3.63) is 35.4 Å². The summed E-state index contributed by atoms with van der Waals surface area (Å²) in [5.74, 6) is -2.21. The van der Waals surface area contributed by atoms with Crippen LogP contribution in [0.2, 0.25) is 0 Å². The zero-order valence-corrected chi connectivity index (χ0v) is 12.9. The third kappa shape index (κ3) is 4.51. The fraction of sp³-hybridized carbons (Fsp3) is 0.375. The Morgan fingerprint density at radius 2 is 1.09 bits per heavy atom. The van der Waals surface area contributed by atoms with Crippen molar-refractivity contribution in [2.45, 2.75) is 39.9 Å². The maximum Gasteiger partial charge on any atom is 0.339 e. The first-order valence-corrected chi connectivity index (χ1v) is 6.76. The number of ketones is 2. The maximum atomic E-state index is 12.1. The van der Waals surface area contributed by atoms with Crippen molar-refractivity contribution in [3.63, 3.8) is 0 Å². The van der Waals surface area contributed by atoms with E-state index in [2.05, 4.69) is 0 Å². The molecule has 0 fully saturated rings. The first-order valence-electron chi connectivity index (χ1n) is 6.76. The first kappa shape index (κ1) is 17.6. The average Bonchev–Trinajstić information content (AvgIpc) is 2.46. The topological polar surface area (TPSA) is 86.7 Å². The van der Waals surface area contributed by atoms with E-state index in [9.17, 15) is 19.2 Å². The normalized spacial score (nSPS) is 12.9. The summed E-state index contributed by atoms with van der Waals surface area (Å²) >= 11 is 0. The summed E-state index contributed by atoms with van der Waals surface area (Å²) in [4.78, 5) is 46.4. The maximum absolute atomic E-state index is 12.1. The lowest BCUT2D eigenvalue weighted by Gasteiger charge is -2.14. The van der Waals surface area contributed by atoms with Crippen molar-refractivity contribution in [2.24, 2.45) is 0 Å². The molecule has 1 aromatic carbocycles. The molecule has 6 heteroatoms. The van der Waals surface area contributed by atoms with Crippen LogP contribution in [0.1, 0.15) is 48.4 Å². The number of esters is 2. The van der Waals surface area contributed by atoms with Crippen LogP contribution in [0, 0.1) is 0 Å². The molecular weight excluding hydrogens is 288 g/mol. The number of benzene rings is 1. The van der Waals surface area contributed by atoms with Crippen LogP contribution in [-0.4, -0.2) is 35.7 Å². The number of Topliss-reactive ketones (excluding diaryl/α,β-unsaturated/α-hetero) is 2. The summed E-state index contributed by atoms with van der Waals surface area (Å²) in [6, 6.07) is 5.90. The van der Waals surface area contributed by atoms with Crippen molar-refractivity contribution in [3.8, 4) is 0 Å². The predicted molar refractivity (Wildman–Crippen MR) is 77.6 cm³/mol. The van der Waals surface area contributed by atoms with Crippen LogP contribution in [0.25, 0.3) is 0 Å². The van der Waals surface area contributed by atoms with Gasteiger partial charge >= 0.3 is 11.9 Å². The summed E-state index contributed by atoms with van der Waals surface area (Å²) < 4.78 is 9.96. The average molecular weight is 306 g/mol. The summed E-state index contributed by atoms with van der Waals surface area (Å²) in [5, 5.41) is 0. The van der Waals surface area contributed by atoms with Gasteiger partial charge in [-0.3, -0.25) is 9.59 Å². The second kappa shape index (κ2) is 7.49. The van der Waals surface area contributed by atoms with E-state index in [1.807, 2.05) is 0 Å². The molecule has 22 heavy (non-hydrogen) atoms. The summed E-state index contributed by atoms with van der Waals surface area (Å²) in [7, 11) is 0. The van der Waals surface area contributed by atoms with E-state index in [1.54, 1.807) is 12.1 Å². The van der Waals surface area contributed by atoms with Crippen LogP contribution in [0.4, 0.5) is 0 Å². The van der Waals surface area contributed by atoms with Crippen LogP contribution in [0.5, 0.6) is 0 Å². The van der Waals surface area contributed by atoms with Crippen LogP contribution in [0.3, 0.4) is 0 Å². The molecule has 118 valence electrons. The molecule has 0 heterocycles. The molecule has 0 aliphatic carbocycles. The summed E-state index contributed by atoms with van der Waals surface area (Å²) in [6.07, 6.45) is -1.82. The van der Waals surface area contributed by atoms with E-state index in [4.69, 9.17) is 9.47 Å².